The van der Waals surface area contributed by atoms with Crippen molar-refractivity contribution in [2.24, 2.45) is 11.7 Å². The topological polar surface area (TPSA) is 96.0 Å². The van der Waals surface area contributed by atoms with Gasteiger partial charge in [0.25, 0.3) is 0 Å². The van der Waals surface area contributed by atoms with Crippen molar-refractivity contribution in [2.45, 2.75) is 23.8 Å². The van der Waals surface area contributed by atoms with Crippen LogP contribution in [-0.4, -0.2) is 21.0 Å². The van der Waals surface area contributed by atoms with Crippen molar-refractivity contribution in [3.8, 4) is 6.07 Å². The number of hydrogen-bond donors (Lipinski definition) is 2. The predicted octanol–water partition coefficient (Wildman–Crippen LogP) is 1.23. The van der Waals surface area contributed by atoms with E-state index < -0.39 is 10.0 Å². The highest BCUT2D eigenvalue weighted by Crippen LogP contribution is 2.31. The zero-order chi connectivity index (χ0) is 14.0. The summed E-state index contributed by atoms with van der Waals surface area (Å²) >= 11 is 5.88. The summed E-state index contributed by atoms with van der Waals surface area (Å²) in [7, 11) is -3.69. The summed E-state index contributed by atoms with van der Waals surface area (Å²) in [5.41, 5.74) is 6.16. The summed E-state index contributed by atoms with van der Waals surface area (Å²) in [6, 6.07) is 5.81. The van der Waals surface area contributed by atoms with E-state index in [1.807, 2.05) is 6.07 Å². The molecule has 1 fully saturated rings. The fourth-order valence-electron chi connectivity index (χ4n) is 1.76. The number of halogens is 1. The molecule has 0 bridgehead atoms. The summed E-state index contributed by atoms with van der Waals surface area (Å²) in [4.78, 5) is -0.0313. The van der Waals surface area contributed by atoms with Gasteiger partial charge in [-0.2, -0.15) is 5.26 Å². The van der Waals surface area contributed by atoms with E-state index in [1.54, 1.807) is 0 Å². The summed E-state index contributed by atoms with van der Waals surface area (Å²) in [6.07, 6.45) is 2.11. The van der Waals surface area contributed by atoms with Crippen molar-refractivity contribution >= 4 is 21.6 Å². The van der Waals surface area contributed by atoms with Crippen molar-refractivity contribution in [1.82, 2.24) is 4.72 Å². The van der Waals surface area contributed by atoms with E-state index in [0.29, 0.717) is 11.5 Å². The Bertz CT molecular complexity index is 620. The van der Waals surface area contributed by atoms with Crippen LogP contribution in [-0.2, 0) is 10.0 Å². The van der Waals surface area contributed by atoms with Crippen LogP contribution in [0.25, 0.3) is 0 Å². The van der Waals surface area contributed by atoms with Crippen LogP contribution < -0.4 is 10.5 Å². The Morgan fingerprint density at radius 2 is 2.21 bits per heavy atom. The van der Waals surface area contributed by atoms with Crippen LogP contribution in [0.3, 0.4) is 0 Å². The molecule has 5 nitrogen and oxygen atoms in total. The van der Waals surface area contributed by atoms with Gasteiger partial charge in [0.15, 0.2) is 0 Å². The van der Waals surface area contributed by atoms with E-state index in [2.05, 4.69) is 4.72 Å². The molecule has 3 N–H and O–H groups in total. The Balaban J connectivity index is 2.12. The van der Waals surface area contributed by atoms with E-state index in [0.717, 1.165) is 12.8 Å². The zero-order valence-corrected chi connectivity index (χ0v) is 11.7. The molecule has 1 aromatic rings. The third kappa shape index (κ3) is 3.45. The summed E-state index contributed by atoms with van der Waals surface area (Å²) < 4.78 is 26.6. The molecule has 0 radical (unpaired) electrons. The number of nitrogens with one attached hydrogen (secondary N) is 1. The van der Waals surface area contributed by atoms with Gasteiger partial charge >= 0.3 is 0 Å². The van der Waals surface area contributed by atoms with Gasteiger partial charge in [0.2, 0.25) is 10.0 Å². The Hall–Kier alpha value is -1.13. The lowest BCUT2D eigenvalue weighted by atomic mass is 10.2. The minimum atomic E-state index is -3.69. The third-order valence-corrected chi connectivity index (χ3v) is 4.99. The number of sulfonamides is 1. The number of nitrogens with two attached hydrogens (primary N) is 1. The maximum absolute atomic E-state index is 12.1. The number of nitriles is 1. The predicted molar refractivity (Wildman–Crippen MR) is 72.1 cm³/mol. The average molecular weight is 300 g/mol. The van der Waals surface area contributed by atoms with Gasteiger partial charge < -0.3 is 5.73 Å². The van der Waals surface area contributed by atoms with Gasteiger partial charge in [0.1, 0.15) is 4.90 Å². The summed E-state index contributed by atoms with van der Waals surface area (Å²) in [5, 5.41) is 8.74. The molecule has 19 heavy (non-hydrogen) atoms. The molecule has 7 heteroatoms. The molecule has 1 atom stereocenters. The number of rotatable bonds is 5. The molecule has 1 aliphatic rings. The SMILES string of the molecule is N#Cc1ccc(S(=O)(=O)NCC(N)C2CC2)c(Cl)c1. The van der Waals surface area contributed by atoms with Crippen LogP contribution >= 0.6 is 11.6 Å². The van der Waals surface area contributed by atoms with Crippen molar-refractivity contribution in [3.05, 3.63) is 28.8 Å². The lowest BCUT2D eigenvalue weighted by Gasteiger charge is -2.12. The Morgan fingerprint density at radius 3 is 2.74 bits per heavy atom. The zero-order valence-electron chi connectivity index (χ0n) is 10.1. The van der Waals surface area contributed by atoms with Gasteiger partial charge in [-0.25, -0.2) is 13.1 Å². The van der Waals surface area contributed by atoms with Crippen molar-refractivity contribution in [1.29, 1.82) is 5.26 Å². The highest BCUT2D eigenvalue weighted by Gasteiger charge is 2.29. The second kappa shape index (κ2) is 5.47. The van der Waals surface area contributed by atoms with Crippen LogP contribution in [0, 0.1) is 17.2 Å². The molecule has 1 saturated carbocycles. The molecule has 0 aromatic heterocycles. The fourth-order valence-corrected chi connectivity index (χ4v) is 3.38. The number of benzene rings is 1. The van der Waals surface area contributed by atoms with Gasteiger partial charge in [-0.15, -0.1) is 0 Å². The second-order valence-corrected chi connectivity index (χ2v) is 6.75. The van der Waals surface area contributed by atoms with Crippen LogP contribution in [0.15, 0.2) is 23.1 Å². The molecule has 2 rings (SSSR count). The lowest BCUT2D eigenvalue weighted by molar-refractivity contribution is 0.548. The first kappa shape index (κ1) is 14.3. The monoisotopic (exact) mass is 299 g/mol. The van der Waals surface area contributed by atoms with Gasteiger partial charge in [-0.1, -0.05) is 11.6 Å². The smallest absolute Gasteiger partial charge is 0.242 e. The number of nitrogens with zero attached hydrogens (tertiary/aromatic N) is 1. The Morgan fingerprint density at radius 1 is 1.53 bits per heavy atom. The van der Waals surface area contributed by atoms with E-state index in [1.165, 1.54) is 18.2 Å². The maximum atomic E-state index is 12.1. The highest BCUT2D eigenvalue weighted by atomic mass is 35.5. The standard InChI is InChI=1S/C12H14ClN3O2S/c13-10-5-8(6-14)1-4-12(10)19(17,18)16-7-11(15)9-2-3-9/h1,4-5,9,11,16H,2-3,7,15H2. The number of hydrogen-bond acceptors (Lipinski definition) is 4. The molecule has 0 amide bonds. The normalized spacial score (nSPS) is 16.9. The fraction of sp³-hybridized carbons (Fsp3) is 0.417. The summed E-state index contributed by atoms with van der Waals surface area (Å²) in [5.74, 6) is 0.416. The van der Waals surface area contributed by atoms with Crippen LogP contribution in [0.1, 0.15) is 18.4 Å². The first-order chi connectivity index (χ1) is 8.94. The average Bonchev–Trinajstić information content (AvgIpc) is 3.19. The van der Waals surface area contributed by atoms with Gasteiger partial charge in [0, 0.05) is 12.6 Å². The molecular weight excluding hydrogens is 286 g/mol. The molecule has 0 spiro atoms. The van der Waals surface area contributed by atoms with Crippen molar-refractivity contribution in [2.75, 3.05) is 6.54 Å². The largest absolute Gasteiger partial charge is 0.326 e. The van der Waals surface area contributed by atoms with Crippen LogP contribution in [0.2, 0.25) is 5.02 Å². The molecule has 0 heterocycles. The first-order valence-corrected chi connectivity index (χ1v) is 7.75. The minimum Gasteiger partial charge on any atom is -0.326 e. The first-order valence-electron chi connectivity index (χ1n) is 5.89. The molecular formula is C12H14ClN3O2S. The highest BCUT2D eigenvalue weighted by molar-refractivity contribution is 7.89. The van der Waals surface area contributed by atoms with Crippen LogP contribution in [0.4, 0.5) is 0 Å². The molecule has 102 valence electrons. The van der Waals surface area contributed by atoms with E-state index >= 15 is 0 Å². The van der Waals surface area contributed by atoms with Crippen molar-refractivity contribution < 1.29 is 8.42 Å². The third-order valence-electron chi connectivity index (χ3n) is 3.09. The van der Waals surface area contributed by atoms with E-state index in [9.17, 15) is 8.42 Å². The lowest BCUT2D eigenvalue weighted by Crippen LogP contribution is -2.38. The molecule has 0 saturated heterocycles. The summed E-state index contributed by atoms with van der Waals surface area (Å²) in [6.45, 7) is 0.198. The van der Waals surface area contributed by atoms with Crippen LogP contribution in [0.5, 0.6) is 0 Å². The Labute approximate surface area is 117 Å². The van der Waals surface area contributed by atoms with Gasteiger partial charge in [-0.05, 0) is 37.0 Å². The minimum absolute atomic E-state index is 0.0313. The van der Waals surface area contributed by atoms with Gasteiger partial charge in [-0.3, -0.25) is 0 Å². The molecule has 1 aliphatic carbocycles. The molecule has 0 aliphatic heterocycles. The maximum Gasteiger partial charge on any atom is 0.242 e. The van der Waals surface area contributed by atoms with E-state index in [-0.39, 0.29) is 22.5 Å². The van der Waals surface area contributed by atoms with Crippen molar-refractivity contribution in [3.63, 3.8) is 0 Å². The quantitative estimate of drug-likeness (QED) is 0.854. The van der Waals surface area contributed by atoms with Gasteiger partial charge in [0.05, 0.1) is 16.7 Å². The second-order valence-electron chi connectivity index (χ2n) is 4.61. The van der Waals surface area contributed by atoms with E-state index in [4.69, 9.17) is 22.6 Å². The molecule has 1 aromatic carbocycles. The molecule has 1 unspecified atom stereocenters. The Kier molecular flexibility index (Phi) is 4.11.